The molecule has 0 radical (unpaired) electrons. The number of benzene rings is 3. The van der Waals surface area contributed by atoms with E-state index in [1.165, 1.54) is 72.8 Å². The Bertz CT molecular complexity index is 1060. The van der Waals surface area contributed by atoms with Crippen LogP contribution in [-0.2, 0) is 34.1 Å². The monoisotopic (exact) mass is 610 g/mol. The van der Waals surface area contributed by atoms with Gasteiger partial charge in [0.1, 0.15) is 0 Å². The normalized spacial score (nSPS) is 8.84. The second-order valence-corrected chi connectivity index (χ2v) is 6.47. The Hall–Kier alpha value is -4.48. The molecule has 12 nitrogen and oxygen atoms in total. The molecule has 0 atom stereocenters. The van der Waals surface area contributed by atoms with Crippen LogP contribution in [0.3, 0.4) is 0 Å². The van der Waals surface area contributed by atoms with Crippen molar-refractivity contribution < 1.29 is 93.5 Å². The van der Waals surface area contributed by atoms with Gasteiger partial charge in [-0.3, -0.25) is 0 Å². The Morgan fingerprint density at radius 1 is 0.316 bits per heavy atom. The molecule has 0 aliphatic rings. The van der Waals surface area contributed by atoms with Gasteiger partial charge in [-0.2, -0.15) is 0 Å². The molecular weight excluding hydrogens is 592 g/mol. The van der Waals surface area contributed by atoms with E-state index in [2.05, 4.69) is 0 Å². The largest absolute Gasteiger partial charge is 0.478 e. The van der Waals surface area contributed by atoms with Gasteiger partial charge in [0.2, 0.25) is 0 Å². The Morgan fingerprint density at radius 2 is 0.421 bits per heavy atom. The van der Waals surface area contributed by atoms with Gasteiger partial charge in [0, 0.05) is 34.1 Å². The summed E-state index contributed by atoms with van der Waals surface area (Å²) < 4.78 is 0. The molecule has 0 unspecified atom stereocenters. The summed E-state index contributed by atoms with van der Waals surface area (Å²) in [6, 6.07) is 16.4. The van der Waals surface area contributed by atoms with Gasteiger partial charge in [-0.15, -0.1) is 0 Å². The topological polar surface area (TPSA) is 224 Å². The average molecular weight is 610 g/mol. The van der Waals surface area contributed by atoms with Crippen LogP contribution in [0.2, 0.25) is 0 Å². The molecule has 38 heavy (non-hydrogen) atoms. The fourth-order valence-corrected chi connectivity index (χ4v) is 2.57. The maximum atomic E-state index is 10.5. The van der Waals surface area contributed by atoms with E-state index < -0.39 is 35.8 Å². The van der Waals surface area contributed by atoms with E-state index in [1.54, 1.807) is 0 Å². The van der Waals surface area contributed by atoms with Crippen molar-refractivity contribution >= 4 is 35.8 Å². The fourth-order valence-electron chi connectivity index (χ4n) is 2.57. The SMILES string of the molecule is O=C(O)c1ccccc1C(=O)O.O=C(O)c1ccccc1C(=O)O.O=C(O)c1ccccc1C(=O)O.[Fe].[Fe]. The van der Waals surface area contributed by atoms with Crippen LogP contribution in [0.25, 0.3) is 0 Å². The molecule has 0 amide bonds. The summed E-state index contributed by atoms with van der Waals surface area (Å²) in [5.74, 6) is -7.37. The maximum absolute atomic E-state index is 10.5. The molecule has 0 bridgehead atoms. The van der Waals surface area contributed by atoms with Gasteiger partial charge in [-0.25, -0.2) is 28.8 Å². The summed E-state index contributed by atoms with van der Waals surface area (Å²) in [5, 5.41) is 51.3. The van der Waals surface area contributed by atoms with Crippen LogP contribution in [0, 0.1) is 0 Å². The number of carboxylic acid groups (broad SMARTS) is 6. The molecule has 3 rings (SSSR count). The molecule has 0 spiro atoms. The minimum absolute atomic E-state index is 0. The van der Waals surface area contributed by atoms with Crippen molar-refractivity contribution in [1.82, 2.24) is 0 Å². The van der Waals surface area contributed by atoms with E-state index in [-0.39, 0.29) is 67.5 Å². The van der Waals surface area contributed by atoms with Crippen molar-refractivity contribution in [3.05, 3.63) is 106 Å². The zero-order valence-corrected chi connectivity index (χ0v) is 21.0. The fraction of sp³-hybridized carbons (Fsp3) is 0. The molecule has 202 valence electrons. The summed E-state index contributed by atoms with van der Waals surface area (Å²) in [6.07, 6.45) is 0. The number of carbonyl (C=O) groups is 6. The molecule has 3 aromatic carbocycles. The van der Waals surface area contributed by atoms with Gasteiger partial charge >= 0.3 is 35.8 Å². The number of carboxylic acids is 6. The first kappa shape index (κ1) is 35.7. The van der Waals surface area contributed by atoms with Gasteiger partial charge in [0.25, 0.3) is 0 Å². The second kappa shape index (κ2) is 17.1. The predicted octanol–water partition coefficient (Wildman–Crippen LogP) is 3.24. The average Bonchev–Trinajstić information content (AvgIpc) is 2.84. The zero-order valence-electron chi connectivity index (χ0n) is 18.8. The molecular formula is C24H18Fe2O12. The maximum Gasteiger partial charge on any atom is 0.336 e. The van der Waals surface area contributed by atoms with E-state index in [4.69, 9.17) is 30.6 Å². The first-order valence-corrected chi connectivity index (χ1v) is 9.55. The molecule has 0 aliphatic carbocycles. The molecule has 14 heteroatoms. The predicted molar refractivity (Wildman–Crippen MR) is 121 cm³/mol. The quantitative estimate of drug-likeness (QED) is 0.221. The van der Waals surface area contributed by atoms with E-state index in [9.17, 15) is 28.8 Å². The number of aromatic carboxylic acids is 6. The summed E-state index contributed by atoms with van der Waals surface area (Å²) >= 11 is 0. The first-order valence-electron chi connectivity index (χ1n) is 9.55. The van der Waals surface area contributed by atoms with Gasteiger partial charge in [-0.1, -0.05) is 36.4 Å². The van der Waals surface area contributed by atoms with Crippen molar-refractivity contribution in [2.75, 3.05) is 0 Å². The molecule has 3 aromatic rings. The molecule has 0 heterocycles. The van der Waals surface area contributed by atoms with Crippen molar-refractivity contribution in [2.24, 2.45) is 0 Å². The summed E-state index contributed by atoms with van der Waals surface area (Å²) in [4.78, 5) is 62.8. The molecule has 0 fully saturated rings. The van der Waals surface area contributed by atoms with Crippen LogP contribution in [0.1, 0.15) is 62.1 Å². The minimum atomic E-state index is -1.23. The van der Waals surface area contributed by atoms with Crippen LogP contribution >= 0.6 is 0 Å². The summed E-state index contributed by atoms with van der Waals surface area (Å²) in [6.45, 7) is 0. The van der Waals surface area contributed by atoms with Gasteiger partial charge in [0.15, 0.2) is 0 Å². The summed E-state index contributed by atoms with van der Waals surface area (Å²) in [5.41, 5.74) is -1.14. The molecule has 0 aromatic heterocycles. The Morgan fingerprint density at radius 3 is 0.500 bits per heavy atom. The minimum Gasteiger partial charge on any atom is -0.478 e. The second-order valence-electron chi connectivity index (χ2n) is 6.47. The van der Waals surface area contributed by atoms with E-state index in [1.807, 2.05) is 0 Å². The van der Waals surface area contributed by atoms with Gasteiger partial charge in [-0.05, 0) is 36.4 Å². The van der Waals surface area contributed by atoms with Crippen LogP contribution < -0.4 is 0 Å². The van der Waals surface area contributed by atoms with E-state index in [0.717, 1.165) is 0 Å². The third-order valence-corrected chi connectivity index (χ3v) is 4.16. The number of rotatable bonds is 6. The number of hydrogen-bond donors (Lipinski definition) is 6. The zero-order chi connectivity index (χ0) is 27.4. The van der Waals surface area contributed by atoms with E-state index in [0.29, 0.717) is 0 Å². The van der Waals surface area contributed by atoms with Crippen LogP contribution in [0.15, 0.2) is 72.8 Å². The summed E-state index contributed by atoms with van der Waals surface area (Å²) in [7, 11) is 0. The van der Waals surface area contributed by atoms with Gasteiger partial charge < -0.3 is 30.6 Å². The van der Waals surface area contributed by atoms with Crippen LogP contribution in [0.4, 0.5) is 0 Å². The molecule has 0 saturated heterocycles. The van der Waals surface area contributed by atoms with Crippen molar-refractivity contribution in [1.29, 1.82) is 0 Å². The van der Waals surface area contributed by atoms with Crippen LogP contribution in [0.5, 0.6) is 0 Å². The third-order valence-electron chi connectivity index (χ3n) is 4.16. The Kier molecular flexibility index (Phi) is 16.0. The van der Waals surface area contributed by atoms with Crippen molar-refractivity contribution in [2.45, 2.75) is 0 Å². The molecule has 6 N–H and O–H groups in total. The number of hydrogen-bond acceptors (Lipinski definition) is 6. The first-order chi connectivity index (χ1) is 16.9. The van der Waals surface area contributed by atoms with Crippen LogP contribution in [-0.4, -0.2) is 66.5 Å². The molecule has 0 saturated carbocycles. The van der Waals surface area contributed by atoms with Gasteiger partial charge in [0.05, 0.1) is 33.4 Å². The smallest absolute Gasteiger partial charge is 0.336 e. The third kappa shape index (κ3) is 10.6. The standard InChI is InChI=1S/3C8H6O4.2Fe/c3*9-7(10)5-3-1-2-4-6(5)8(11)12;;/h3*1-4H,(H,9,10)(H,11,12);;. The van der Waals surface area contributed by atoms with E-state index >= 15 is 0 Å². The van der Waals surface area contributed by atoms with Crippen molar-refractivity contribution in [3.8, 4) is 0 Å². The van der Waals surface area contributed by atoms with Crippen molar-refractivity contribution in [3.63, 3.8) is 0 Å². The Balaban J connectivity index is 0. The molecule has 0 aliphatic heterocycles. The Labute approximate surface area is 235 Å².